The van der Waals surface area contributed by atoms with E-state index in [9.17, 15) is 4.79 Å². The van der Waals surface area contributed by atoms with Crippen LogP contribution in [0.25, 0.3) is 11.3 Å². The SMILES string of the molecule is CN1CCC(N2CCN(C(=O)CCc3cn(C)nc3-c3ccccc3)CC2)CC1. The molecule has 6 nitrogen and oxygen atoms in total. The van der Waals surface area contributed by atoms with E-state index in [2.05, 4.69) is 39.0 Å². The van der Waals surface area contributed by atoms with Gasteiger partial charge in [0.2, 0.25) is 5.91 Å². The van der Waals surface area contributed by atoms with Crippen molar-refractivity contribution in [3.05, 3.63) is 42.1 Å². The topological polar surface area (TPSA) is 44.6 Å². The number of piperazine rings is 1. The van der Waals surface area contributed by atoms with Crippen molar-refractivity contribution in [2.45, 2.75) is 31.7 Å². The molecule has 2 fully saturated rings. The Kier molecular flexibility index (Phi) is 6.31. The smallest absolute Gasteiger partial charge is 0.222 e. The summed E-state index contributed by atoms with van der Waals surface area (Å²) in [4.78, 5) is 19.9. The molecule has 0 unspecified atom stereocenters. The van der Waals surface area contributed by atoms with E-state index in [0.29, 0.717) is 12.5 Å². The lowest BCUT2D eigenvalue weighted by molar-refractivity contribution is -0.133. The molecule has 1 aromatic heterocycles. The summed E-state index contributed by atoms with van der Waals surface area (Å²) >= 11 is 0. The number of rotatable bonds is 5. The number of piperidine rings is 1. The van der Waals surface area contributed by atoms with Gasteiger partial charge in [-0.1, -0.05) is 30.3 Å². The second kappa shape index (κ2) is 9.09. The average Bonchev–Trinajstić information content (AvgIpc) is 3.14. The quantitative estimate of drug-likeness (QED) is 0.779. The van der Waals surface area contributed by atoms with Crippen LogP contribution in [0.4, 0.5) is 0 Å². The zero-order valence-electron chi connectivity index (χ0n) is 17.8. The van der Waals surface area contributed by atoms with Gasteiger partial charge in [0.25, 0.3) is 0 Å². The third-order valence-electron chi connectivity index (χ3n) is 6.43. The van der Waals surface area contributed by atoms with Crippen LogP contribution in [0, 0.1) is 0 Å². The highest BCUT2D eigenvalue weighted by Gasteiger charge is 2.28. The Morgan fingerprint density at radius 2 is 1.69 bits per heavy atom. The number of aryl methyl sites for hydroxylation is 2. The van der Waals surface area contributed by atoms with Crippen molar-refractivity contribution in [3.8, 4) is 11.3 Å². The summed E-state index contributed by atoms with van der Waals surface area (Å²) in [5.74, 6) is 0.274. The van der Waals surface area contributed by atoms with E-state index in [1.165, 1.54) is 25.9 Å². The van der Waals surface area contributed by atoms with Crippen LogP contribution in [-0.2, 0) is 18.3 Å². The Balaban J connectivity index is 1.29. The molecule has 1 aromatic carbocycles. The van der Waals surface area contributed by atoms with Gasteiger partial charge >= 0.3 is 0 Å². The molecule has 0 saturated carbocycles. The van der Waals surface area contributed by atoms with E-state index in [1.54, 1.807) is 0 Å². The van der Waals surface area contributed by atoms with Gasteiger partial charge in [0.15, 0.2) is 0 Å². The summed E-state index contributed by atoms with van der Waals surface area (Å²) in [6.07, 6.45) is 5.86. The highest BCUT2D eigenvalue weighted by Crippen LogP contribution is 2.23. The summed E-state index contributed by atoms with van der Waals surface area (Å²) in [5.41, 5.74) is 3.26. The fourth-order valence-electron chi connectivity index (χ4n) is 4.66. The summed E-state index contributed by atoms with van der Waals surface area (Å²) in [5, 5.41) is 4.62. The van der Waals surface area contributed by atoms with E-state index in [0.717, 1.165) is 49.4 Å². The minimum Gasteiger partial charge on any atom is -0.340 e. The van der Waals surface area contributed by atoms with Gasteiger partial charge < -0.3 is 9.80 Å². The molecule has 156 valence electrons. The molecule has 2 aliphatic rings. The molecule has 0 bridgehead atoms. The van der Waals surface area contributed by atoms with Gasteiger partial charge in [-0.25, -0.2) is 0 Å². The number of hydrogen-bond acceptors (Lipinski definition) is 4. The number of aromatic nitrogens is 2. The van der Waals surface area contributed by atoms with Crippen molar-refractivity contribution in [1.29, 1.82) is 0 Å². The van der Waals surface area contributed by atoms with Gasteiger partial charge in [-0.15, -0.1) is 0 Å². The summed E-state index contributed by atoms with van der Waals surface area (Å²) in [7, 11) is 4.15. The Morgan fingerprint density at radius 3 is 2.38 bits per heavy atom. The Bertz CT molecular complexity index is 802. The number of nitrogens with zero attached hydrogens (tertiary/aromatic N) is 5. The first-order valence-electron chi connectivity index (χ1n) is 10.9. The summed E-state index contributed by atoms with van der Waals surface area (Å²) in [6.45, 7) is 6.15. The third-order valence-corrected chi connectivity index (χ3v) is 6.43. The van der Waals surface area contributed by atoms with Gasteiger partial charge in [0, 0.05) is 57.4 Å². The molecule has 0 aliphatic carbocycles. The fraction of sp³-hybridized carbons (Fsp3) is 0.565. The summed E-state index contributed by atoms with van der Waals surface area (Å²) < 4.78 is 1.85. The number of hydrogen-bond donors (Lipinski definition) is 0. The van der Waals surface area contributed by atoms with Crippen LogP contribution in [-0.4, -0.2) is 82.7 Å². The zero-order valence-corrected chi connectivity index (χ0v) is 17.8. The van der Waals surface area contributed by atoms with Crippen LogP contribution < -0.4 is 0 Å². The number of likely N-dealkylation sites (tertiary alicyclic amines) is 1. The van der Waals surface area contributed by atoms with Crippen molar-refractivity contribution in [2.75, 3.05) is 46.3 Å². The molecule has 3 heterocycles. The molecule has 4 rings (SSSR count). The maximum atomic E-state index is 12.8. The van der Waals surface area contributed by atoms with Gasteiger partial charge in [-0.3, -0.25) is 14.4 Å². The van der Waals surface area contributed by atoms with Crippen molar-refractivity contribution in [1.82, 2.24) is 24.5 Å². The first kappa shape index (κ1) is 20.1. The molecule has 0 N–H and O–H groups in total. The highest BCUT2D eigenvalue weighted by atomic mass is 16.2. The van der Waals surface area contributed by atoms with Gasteiger partial charge in [-0.2, -0.15) is 5.10 Å². The normalized spacial score (nSPS) is 19.6. The van der Waals surface area contributed by atoms with Gasteiger partial charge in [0.1, 0.15) is 0 Å². The molecular weight excluding hydrogens is 362 g/mol. The molecule has 0 radical (unpaired) electrons. The first-order chi connectivity index (χ1) is 14.1. The second-order valence-electron chi connectivity index (χ2n) is 8.49. The maximum Gasteiger partial charge on any atom is 0.222 e. The maximum absolute atomic E-state index is 12.8. The molecule has 0 spiro atoms. The van der Waals surface area contributed by atoms with Crippen LogP contribution in [0.15, 0.2) is 36.5 Å². The minimum absolute atomic E-state index is 0.274. The van der Waals surface area contributed by atoms with E-state index < -0.39 is 0 Å². The molecule has 29 heavy (non-hydrogen) atoms. The molecule has 2 aromatic rings. The van der Waals surface area contributed by atoms with Crippen LogP contribution in [0.2, 0.25) is 0 Å². The van der Waals surface area contributed by atoms with Gasteiger partial charge in [0.05, 0.1) is 5.69 Å². The lowest BCUT2D eigenvalue weighted by atomic mass is 10.0. The largest absolute Gasteiger partial charge is 0.340 e. The minimum atomic E-state index is 0.274. The molecule has 0 atom stereocenters. The third kappa shape index (κ3) is 4.87. The average molecular weight is 396 g/mol. The Morgan fingerprint density at radius 1 is 1.00 bits per heavy atom. The molecular formula is C23H33N5O. The summed E-state index contributed by atoms with van der Waals surface area (Å²) in [6, 6.07) is 10.9. The number of amides is 1. The number of carbonyl (C=O) groups is 1. The van der Waals surface area contributed by atoms with Gasteiger partial charge in [-0.05, 0) is 45.0 Å². The van der Waals surface area contributed by atoms with Crippen LogP contribution in [0.1, 0.15) is 24.8 Å². The van der Waals surface area contributed by atoms with Crippen LogP contribution in [0.3, 0.4) is 0 Å². The van der Waals surface area contributed by atoms with Crippen molar-refractivity contribution >= 4 is 5.91 Å². The number of carbonyl (C=O) groups excluding carboxylic acids is 1. The lowest BCUT2D eigenvalue weighted by Crippen LogP contribution is -2.54. The number of benzene rings is 1. The Labute approximate surface area is 174 Å². The molecule has 6 heteroatoms. The van der Waals surface area contributed by atoms with E-state index >= 15 is 0 Å². The fourth-order valence-corrected chi connectivity index (χ4v) is 4.66. The highest BCUT2D eigenvalue weighted by molar-refractivity contribution is 5.77. The second-order valence-corrected chi connectivity index (χ2v) is 8.49. The zero-order chi connectivity index (χ0) is 20.2. The standard InChI is InChI=1S/C23H33N5O/c1-25-12-10-21(11-13-25)27-14-16-28(17-15-27)22(29)9-8-20-18-26(2)24-23(20)19-6-4-3-5-7-19/h3-7,18,21H,8-17H2,1-2H3. The monoisotopic (exact) mass is 395 g/mol. The van der Waals surface area contributed by atoms with E-state index in [4.69, 9.17) is 0 Å². The molecule has 1 amide bonds. The Hall–Kier alpha value is -2.18. The predicted molar refractivity (Wildman–Crippen MR) is 116 cm³/mol. The predicted octanol–water partition coefficient (Wildman–Crippen LogP) is 2.26. The van der Waals surface area contributed by atoms with Crippen molar-refractivity contribution < 1.29 is 4.79 Å². The van der Waals surface area contributed by atoms with Crippen molar-refractivity contribution in [3.63, 3.8) is 0 Å². The molecule has 2 saturated heterocycles. The lowest BCUT2D eigenvalue weighted by Gasteiger charge is -2.42. The first-order valence-corrected chi connectivity index (χ1v) is 10.9. The van der Waals surface area contributed by atoms with E-state index in [-0.39, 0.29) is 5.91 Å². The van der Waals surface area contributed by atoms with E-state index in [1.807, 2.05) is 36.1 Å². The van der Waals surface area contributed by atoms with Crippen LogP contribution in [0.5, 0.6) is 0 Å². The molecule has 2 aliphatic heterocycles. The van der Waals surface area contributed by atoms with Crippen LogP contribution >= 0.6 is 0 Å². The van der Waals surface area contributed by atoms with Crippen molar-refractivity contribution in [2.24, 2.45) is 7.05 Å².